The van der Waals surface area contributed by atoms with Crippen LogP contribution in [0.1, 0.15) is 52.9 Å². The Kier molecular flexibility index (Phi) is 3.60. The molecule has 2 nitrogen and oxygen atoms in total. The van der Waals surface area contributed by atoms with Gasteiger partial charge in [0.1, 0.15) is 0 Å². The van der Waals surface area contributed by atoms with Crippen molar-refractivity contribution in [2.75, 3.05) is 6.54 Å². The van der Waals surface area contributed by atoms with Gasteiger partial charge in [-0.1, -0.05) is 33.6 Å². The van der Waals surface area contributed by atoms with Gasteiger partial charge in [-0.25, -0.2) is 0 Å². The van der Waals surface area contributed by atoms with E-state index in [9.17, 15) is 5.11 Å². The summed E-state index contributed by atoms with van der Waals surface area (Å²) in [5, 5.41) is 13.4. The summed E-state index contributed by atoms with van der Waals surface area (Å²) in [6, 6.07) is 0.528. The Bertz CT molecular complexity index is 239. The maximum atomic E-state index is 9.69. The molecule has 0 aromatic rings. The van der Waals surface area contributed by atoms with Crippen LogP contribution in [0.3, 0.4) is 0 Å². The van der Waals surface area contributed by atoms with E-state index >= 15 is 0 Å². The molecule has 2 rings (SSSR count). The Morgan fingerprint density at radius 3 is 2.56 bits per heavy atom. The van der Waals surface area contributed by atoms with Crippen LogP contribution in [0.5, 0.6) is 0 Å². The molecule has 2 fully saturated rings. The number of aliphatic hydroxyl groups is 1. The van der Waals surface area contributed by atoms with Crippen LogP contribution in [0.25, 0.3) is 0 Å². The minimum atomic E-state index is -0.102. The van der Waals surface area contributed by atoms with Gasteiger partial charge < -0.3 is 10.4 Å². The number of rotatable bonds is 3. The lowest BCUT2D eigenvalue weighted by Gasteiger charge is -2.50. The minimum Gasteiger partial charge on any atom is -0.392 e. The van der Waals surface area contributed by atoms with Crippen LogP contribution in [0.4, 0.5) is 0 Å². The summed E-state index contributed by atoms with van der Waals surface area (Å²) in [6.45, 7) is 7.87. The zero-order valence-electron chi connectivity index (χ0n) is 11.0. The van der Waals surface area contributed by atoms with Gasteiger partial charge in [0.05, 0.1) is 6.10 Å². The molecule has 16 heavy (non-hydrogen) atoms. The topological polar surface area (TPSA) is 32.3 Å². The van der Waals surface area contributed by atoms with Gasteiger partial charge in [0, 0.05) is 11.5 Å². The van der Waals surface area contributed by atoms with Crippen molar-refractivity contribution >= 4 is 0 Å². The number of nitrogens with one attached hydrogen (secondary N) is 1. The van der Waals surface area contributed by atoms with E-state index in [-0.39, 0.29) is 11.5 Å². The molecular formula is C14H27NO. The van der Waals surface area contributed by atoms with Crippen molar-refractivity contribution in [3.8, 4) is 0 Å². The number of hydrogen-bond donors (Lipinski definition) is 2. The molecule has 0 aliphatic heterocycles. The van der Waals surface area contributed by atoms with Gasteiger partial charge in [-0.15, -0.1) is 0 Å². The maximum Gasteiger partial charge on any atom is 0.0621 e. The zero-order chi connectivity index (χ0) is 11.8. The Hall–Kier alpha value is -0.0800. The first-order valence-electron chi connectivity index (χ1n) is 6.91. The second-order valence-corrected chi connectivity index (χ2v) is 6.67. The Morgan fingerprint density at radius 2 is 2.00 bits per heavy atom. The van der Waals surface area contributed by atoms with Crippen LogP contribution in [-0.4, -0.2) is 23.8 Å². The highest BCUT2D eigenvalue weighted by molar-refractivity contribution is 5.01. The van der Waals surface area contributed by atoms with Crippen molar-refractivity contribution in [3.05, 3.63) is 0 Å². The van der Waals surface area contributed by atoms with Crippen molar-refractivity contribution in [3.63, 3.8) is 0 Å². The van der Waals surface area contributed by atoms with Gasteiger partial charge >= 0.3 is 0 Å². The Balaban J connectivity index is 1.72. The number of aliphatic hydroxyl groups excluding tert-OH is 1. The summed E-state index contributed by atoms with van der Waals surface area (Å²) < 4.78 is 0. The number of hydrogen-bond acceptors (Lipinski definition) is 2. The fourth-order valence-corrected chi connectivity index (χ4v) is 3.30. The summed E-state index contributed by atoms with van der Waals surface area (Å²) in [7, 11) is 0. The molecule has 0 saturated heterocycles. The fourth-order valence-electron chi connectivity index (χ4n) is 3.30. The Morgan fingerprint density at radius 1 is 1.25 bits per heavy atom. The van der Waals surface area contributed by atoms with Crippen molar-refractivity contribution in [1.82, 2.24) is 5.32 Å². The maximum absolute atomic E-state index is 9.69. The van der Waals surface area contributed by atoms with Crippen molar-refractivity contribution in [2.45, 2.75) is 65.0 Å². The molecule has 2 N–H and O–H groups in total. The van der Waals surface area contributed by atoms with E-state index in [2.05, 4.69) is 26.1 Å². The van der Waals surface area contributed by atoms with Crippen molar-refractivity contribution in [1.29, 1.82) is 0 Å². The lowest BCUT2D eigenvalue weighted by atomic mass is 9.64. The largest absolute Gasteiger partial charge is 0.392 e. The van der Waals surface area contributed by atoms with Crippen LogP contribution >= 0.6 is 0 Å². The fraction of sp³-hybridized carbons (Fsp3) is 1.00. The summed E-state index contributed by atoms with van der Waals surface area (Å²) in [6.07, 6.45) is 6.45. The van der Waals surface area contributed by atoms with Gasteiger partial charge in [0.2, 0.25) is 0 Å². The summed E-state index contributed by atoms with van der Waals surface area (Å²) in [5.41, 5.74) is 0.0836. The molecule has 0 amide bonds. The van der Waals surface area contributed by atoms with E-state index in [1.807, 2.05) is 0 Å². The summed E-state index contributed by atoms with van der Waals surface area (Å²) in [4.78, 5) is 0. The molecule has 2 saturated carbocycles. The van der Waals surface area contributed by atoms with Crippen LogP contribution in [0, 0.1) is 17.3 Å². The lowest BCUT2D eigenvalue weighted by Crippen LogP contribution is -2.60. The average Bonchev–Trinajstić information content (AvgIpc) is 2.24. The lowest BCUT2D eigenvalue weighted by molar-refractivity contribution is -0.0737. The van der Waals surface area contributed by atoms with Crippen LogP contribution in [0.15, 0.2) is 0 Å². The second kappa shape index (κ2) is 4.66. The third-order valence-electron chi connectivity index (χ3n) is 4.91. The molecule has 0 spiro atoms. The second-order valence-electron chi connectivity index (χ2n) is 6.67. The van der Waals surface area contributed by atoms with Crippen molar-refractivity contribution < 1.29 is 5.11 Å². The highest BCUT2D eigenvalue weighted by atomic mass is 16.3. The van der Waals surface area contributed by atoms with E-state index in [0.29, 0.717) is 6.04 Å². The third-order valence-corrected chi connectivity index (χ3v) is 4.91. The molecule has 2 aliphatic carbocycles. The van der Waals surface area contributed by atoms with Crippen LogP contribution in [0.2, 0.25) is 0 Å². The van der Waals surface area contributed by atoms with Gasteiger partial charge in [-0.2, -0.15) is 0 Å². The summed E-state index contributed by atoms with van der Waals surface area (Å²) in [5.74, 6) is 1.79. The van der Waals surface area contributed by atoms with E-state index in [0.717, 1.165) is 24.8 Å². The van der Waals surface area contributed by atoms with Gasteiger partial charge in [-0.05, 0) is 37.6 Å². The molecule has 4 unspecified atom stereocenters. The Labute approximate surface area is 99.8 Å². The normalized spacial score (nSPS) is 42.8. The monoisotopic (exact) mass is 225 g/mol. The summed E-state index contributed by atoms with van der Waals surface area (Å²) >= 11 is 0. The first kappa shape index (κ1) is 12.4. The molecule has 2 aliphatic rings. The molecule has 0 aromatic carbocycles. The van der Waals surface area contributed by atoms with E-state index in [4.69, 9.17) is 0 Å². The standard InChI is InChI=1S/C14H27NO/c1-10-5-4-6-11(7-10)9-15-12-8-13(16)14(12,2)3/h10-13,15-16H,4-9H2,1-3H3. The predicted octanol–water partition coefficient (Wildman–Crippen LogP) is 2.56. The highest BCUT2D eigenvalue weighted by Gasteiger charge is 2.46. The molecular weight excluding hydrogens is 198 g/mol. The van der Waals surface area contributed by atoms with E-state index in [1.54, 1.807) is 0 Å². The molecule has 4 atom stereocenters. The molecule has 0 heterocycles. The SMILES string of the molecule is CC1CCCC(CNC2CC(O)C2(C)C)C1. The first-order chi connectivity index (χ1) is 7.50. The van der Waals surface area contributed by atoms with E-state index < -0.39 is 0 Å². The highest BCUT2D eigenvalue weighted by Crippen LogP contribution is 2.40. The van der Waals surface area contributed by atoms with Crippen LogP contribution < -0.4 is 5.32 Å². The molecule has 0 aromatic heterocycles. The first-order valence-corrected chi connectivity index (χ1v) is 6.91. The van der Waals surface area contributed by atoms with Gasteiger partial charge in [0.25, 0.3) is 0 Å². The average molecular weight is 225 g/mol. The zero-order valence-corrected chi connectivity index (χ0v) is 11.0. The van der Waals surface area contributed by atoms with Gasteiger partial charge in [0.15, 0.2) is 0 Å². The van der Waals surface area contributed by atoms with Crippen LogP contribution in [-0.2, 0) is 0 Å². The van der Waals surface area contributed by atoms with E-state index in [1.165, 1.54) is 25.7 Å². The molecule has 94 valence electrons. The van der Waals surface area contributed by atoms with Crippen molar-refractivity contribution in [2.24, 2.45) is 17.3 Å². The quantitative estimate of drug-likeness (QED) is 0.773. The van der Waals surface area contributed by atoms with Gasteiger partial charge in [-0.3, -0.25) is 0 Å². The molecule has 0 radical (unpaired) electrons. The molecule has 2 heteroatoms. The predicted molar refractivity (Wildman–Crippen MR) is 67.3 cm³/mol. The molecule has 0 bridgehead atoms. The smallest absolute Gasteiger partial charge is 0.0621 e. The third kappa shape index (κ3) is 2.43. The minimum absolute atomic E-state index is 0.0836.